The first-order valence-electron chi connectivity index (χ1n) is 21.1. The van der Waals surface area contributed by atoms with Crippen LogP contribution in [0.15, 0.2) is 118 Å². The van der Waals surface area contributed by atoms with Crippen molar-refractivity contribution in [1.29, 1.82) is 0 Å². The van der Waals surface area contributed by atoms with Gasteiger partial charge in [0.1, 0.15) is 14.2 Å². The number of nitrogens with zero attached hydrogens (tertiary/aromatic N) is 5. The number of amides is 2. The Morgan fingerprint density at radius 3 is 1.49 bits per heavy atom. The summed E-state index contributed by atoms with van der Waals surface area (Å²) in [5, 5.41) is 24.2. The molecule has 0 saturated carbocycles. The van der Waals surface area contributed by atoms with Crippen LogP contribution in [0.1, 0.15) is 56.2 Å². The molecule has 0 unspecified atom stereocenters. The van der Waals surface area contributed by atoms with Crippen molar-refractivity contribution >= 4 is 101 Å². The van der Waals surface area contributed by atoms with E-state index < -0.39 is 25.0 Å². The first kappa shape index (κ1) is 50.2. The van der Waals surface area contributed by atoms with Crippen LogP contribution in [-0.2, 0) is 33.1 Å². The Kier molecular flexibility index (Phi) is 16.7. The number of pyridine rings is 2. The van der Waals surface area contributed by atoms with E-state index in [4.69, 9.17) is 28.9 Å². The second-order valence-electron chi connectivity index (χ2n) is 15.5. The van der Waals surface area contributed by atoms with Gasteiger partial charge in [-0.25, -0.2) is 26.8 Å². The molecule has 4 aromatic heterocycles. The number of rotatable bonds is 15. The lowest BCUT2D eigenvalue weighted by atomic mass is 10.1. The molecule has 18 nitrogen and oxygen atoms in total. The second kappa shape index (κ2) is 22.6. The van der Waals surface area contributed by atoms with E-state index in [1.165, 1.54) is 38.3 Å². The first-order valence-corrected chi connectivity index (χ1v) is 26.4. The highest BCUT2D eigenvalue weighted by molar-refractivity contribution is 7.91. The molecule has 68 heavy (non-hydrogen) atoms. The molecule has 2 saturated heterocycles. The number of nitrogens with two attached hydrogens (primary N) is 1. The summed E-state index contributed by atoms with van der Waals surface area (Å²) < 4.78 is 55.8. The average molecular weight is 1040 g/mol. The molecule has 8 rings (SSSR count). The summed E-state index contributed by atoms with van der Waals surface area (Å²) in [5.41, 5.74) is 7.35. The van der Waals surface area contributed by atoms with Gasteiger partial charge in [0.05, 0.1) is 23.7 Å². The lowest BCUT2D eigenvalue weighted by Crippen LogP contribution is -2.42. The van der Waals surface area contributed by atoms with Crippen LogP contribution in [-0.4, -0.2) is 90.4 Å². The highest BCUT2D eigenvalue weighted by atomic mass is 35.5. The highest BCUT2D eigenvalue weighted by Gasteiger charge is 2.33. The van der Waals surface area contributed by atoms with E-state index in [1.54, 1.807) is 91.1 Å². The molecule has 358 valence electrons. The number of nitro groups is 1. The highest BCUT2D eigenvalue weighted by Crippen LogP contribution is 2.31. The van der Waals surface area contributed by atoms with Crippen LogP contribution >= 0.6 is 45.9 Å². The molecule has 24 heteroatoms. The quantitative estimate of drug-likeness (QED) is 0.0495. The van der Waals surface area contributed by atoms with Crippen molar-refractivity contribution in [2.45, 2.75) is 59.3 Å². The van der Waals surface area contributed by atoms with Crippen LogP contribution in [0.5, 0.6) is 0 Å². The number of carbonyl (C=O) groups is 2. The van der Waals surface area contributed by atoms with Crippen LogP contribution in [0, 0.1) is 10.1 Å². The molecule has 2 fully saturated rings. The van der Waals surface area contributed by atoms with E-state index in [1.807, 2.05) is 0 Å². The van der Waals surface area contributed by atoms with Crippen LogP contribution in [0.25, 0.3) is 0 Å². The molecule has 6 heterocycles. The Morgan fingerprint density at radius 2 is 1.06 bits per heavy atom. The zero-order valence-electron chi connectivity index (χ0n) is 36.1. The maximum absolute atomic E-state index is 13.1. The van der Waals surface area contributed by atoms with E-state index >= 15 is 0 Å². The van der Waals surface area contributed by atoms with Gasteiger partial charge in [-0.05, 0) is 117 Å². The summed E-state index contributed by atoms with van der Waals surface area (Å²) in [6.07, 6.45) is 5.44. The molecule has 6 aromatic rings. The number of piperidine rings is 2. The van der Waals surface area contributed by atoms with Gasteiger partial charge in [-0.2, -0.15) is 8.61 Å². The van der Waals surface area contributed by atoms with Gasteiger partial charge < -0.3 is 27.0 Å². The largest absolute Gasteiger partial charge is 0.396 e. The summed E-state index contributed by atoms with van der Waals surface area (Å²) in [6, 6.07) is 26.0. The molecule has 2 amide bonds. The van der Waals surface area contributed by atoms with Crippen LogP contribution < -0.4 is 27.0 Å². The Bertz CT molecular complexity index is 2940. The molecular formula is C44H46Cl2N10O8S4. The molecule has 0 atom stereocenters. The van der Waals surface area contributed by atoms with Gasteiger partial charge in [0.15, 0.2) is 0 Å². The fourth-order valence-electron chi connectivity index (χ4n) is 7.24. The van der Waals surface area contributed by atoms with E-state index in [0.29, 0.717) is 76.3 Å². The third-order valence-electron chi connectivity index (χ3n) is 10.9. The van der Waals surface area contributed by atoms with Crippen molar-refractivity contribution in [2.24, 2.45) is 0 Å². The number of thiophene rings is 2. The van der Waals surface area contributed by atoms with Gasteiger partial charge in [0.2, 0.25) is 5.82 Å². The van der Waals surface area contributed by atoms with E-state index in [0.717, 1.165) is 16.2 Å². The number of hydrogen-bond acceptors (Lipinski definition) is 15. The molecular weight excluding hydrogens is 996 g/mol. The summed E-state index contributed by atoms with van der Waals surface area (Å²) in [7, 11) is -7.27. The van der Waals surface area contributed by atoms with Crippen LogP contribution in [0.4, 0.5) is 23.0 Å². The van der Waals surface area contributed by atoms with Crippen molar-refractivity contribution in [2.75, 3.05) is 42.5 Å². The van der Waals surface area contributed by atoms with E-state index in [2.05, 4.69) is 31.2 Å². The third kappa shape index (κ3) is 12.9. The lowest BCUT2D eigenvalue weighted by Gasteiger charge is -2.31. The van der Waals surface area contributed by atoms with Gasteiger partial charge in [0.25, 0.3) is 31.9 Å². The summed E-state index contributed by atoms with van der Waals surface area (Å²) in [6.45, 7) is 1.83. The molecule has 6 N–H and O–H groups in total. The number of anilines is 3. The smallest absolute Gasteiger partial charge is 0.311 e. The normalized spacial score (nSPS) is 15.1. The van der Waals surface area contributed by atoms with Crippen molar-refractivity contribution in [3.63, 3.8) is 0 Å². The summed E-state index contributed by atoms with van der Waals surface area (Å²) in [5.74, 6) is 0.291. The summed E-state index contributed by atoms with van der Waals surface area (Å²) >= 11 is 14.0. The minimum atomic E-state index is -3.68. The van der Waals surface area contributed by atoms with Crippen LogP contribution in [0.2, 0.25) is 10.0 Å². The lowest BCUT2D eigenvalue weighted by molar-refractivity contribution is -0.384. The third-order valence-corrected chi connectivity index (χ3v) is 18.3. The number of sulfonamides is 2. The second-order valence-corrected chi connectivity index (χ2v) is 23.1. The zero-order chi connectivity index (χ0) is 48.4. The number of nitrogen functional groups attached to an aromatic ring is 1. The molecule has 2 aliphatic heterocycles. The fourth-order valence-corrected chi connectivity index (χ4v) is 13.3. The SMILES string of the molecule is Nc1cccnc1NC1CCN(S(=O)(=O)c2ccc(CNC(=O)c3ccc(Cl)cc3)s2)CC1.O=C(NCc1ccc(S(=O)(=O)N2CCC(Nc3ncccc3[N+](=O)[O-])CC2)s1)c1ccc(Cl)cc1. The molecule has 0 radical (unpaired) electrons. The zero-order valence-corrected chi connectivity index (χ0v) is 40.9. The first-order chi connectivity index (χ1) is 32.6. The van der Waals surface area contributed by atoms with Gasteiger partial charge in [-0.3, -0.25) is 19.7 Å². The molecule has 0 bridgehead atoms. The molecule has 2 aliphatic rings. The van der Waals surface area contributed by atoms with Crippen molar-refractivity contribution in [1.82, 2.24) is 29.2 Å². The van der Waals surface area contributed by atoms with E-state index in [9.17, 15) is 36.5 Å². The predicted molar refractivity (Wildman–Crippen MR) is 264 cm³/mol. The standard InChI is InChI=1S/C22H22ClN5O5S2.C22H24ClN5O3S2/c23-16-5-3-15(4-6-16)22(29)25-14-18-7-8-20(34-18)35(32,33)27-12-9-17(10-13-27)26-21-19(28(30)31)2-1-11-24-21;23-16-5-3-15(4-6-16)22(29)26-14-18-7-8-20(32-18)33(30,31)28-12-9-17(10-13-28)27-21-19(24)2-1-11-25-21/h1-8,11,17H,9-10,12-14H2,(H,24,26)(H,25,29);1-8,11,17H,9-10,12-14,24H2,(H,25,27)(H,26,29). The van der Waals surface area contributed by atoms with Crippen molar-refractivity contribution in [3.8, 4) is 0 Å². The fraction of sp³-hybridized carbons (Fsp3) is 0.273. The number of nitrogens with one attached hydrogen (secondary N) is 4. The minimum absolute atomic E-state index is 0.107. The topological polar surface area (TPSA) is 252 Å². The number of halogens is 2. The Hall–Kier alpha value is -5.72. The Morgan fingerprint density at radius 1 is 0.647 bits per heavy atom. The Balaban J connectivity index is 0.000000202. The maximum Gasteiger partial charge on any atom is 0.311 e. The van der Waals surface area contributed by atoms with Crippen molar-refractivity contribution in [3.05, 3.63) is 150 Å². The average Bonchev–Trinajstić information content (AvgIpc) is 4.04. The Labute approximate surface area is 411 Å². The van der Waals surface area contributed by atoms with Crippen molar-refractivity contribution < 1.29 is 31.3 Å². The molecule has 0 aliphatic carbocycles. The number of carbonyl (C=O) groups excluding carboxylic acids is 2. The number of hydrogen-bond donors (Lipinski definition) is 5. The molecule has 2 aromatic carbocycles. The van der Waals surface area contributed by atoms with Gasteiger partial charge in [0, 0.05) is 87.6 Å². The number of benzene rings is 2. The van der Waals surface area contributed by atoms with Gasteiger partial charge in [-0.15, -0.1) is 22.7 Å². The van der Waals surface area contributed by atoms with Crippen LogP contribution in [0.3, 0.4) is 0 Å². The monoisotopic (exact) mass is 1040 g/mol. The molecule has 0 spiro atoms. The van der Waals surface area contributed by atoms with E-state index in [-0.39, 0.29) is 70.0 Å². The maximum atomic E-state index is 13.1. The number of aromatic nitrogens is 2. The summed E-state index contributed by atoms with van der Waals surface area (Å²) in [4.78, 5) is 45.0. The predicted octanol–water partition coefficient (Wildman–Crippen LogP) is 7.47. The van der Waals surface area contributed by atoms with Gasteiger partial charge in [-0.1, -0.05) is 23.2 Å². The minimum Gasteiger partial charge on any atom is -0.396 e. The van der Waals surface area contributed by atoms with Gasteiger partial charge >= 0.3 is 5.69 Å².